The van der Waals surface area contributed by atoms with Crippen LogP contribution in [0.5, 0.6) is 0 Å². The van der Waals surface area contributed by atoms with Crippen LogP contribution in [0.3, 0.4) is 0 Å². The Kier molecular flexibility index (Phi) is 5.37. The Morgan fingerprint density at radius 1 is 1.50 bits per heavy atom. The molecule has 1 aromatic rings. The zero-order valence-electron chi connectivity index (χ0n) is 12.3. The number of carboxylic acid groups (broad SMARTS) is 1. The number of likely N-dealkylation sites (N-methyl/N-ethyl adjacent to an activating group) is 1. The number of carbonyl (C=O) groups excluding carboxylic acids is 1. The summed E-state index contributed by atoms with van der Waals surface area (Å²) in [5.41, 5.74) is 0.260. The number of carbonyl (C=O) groups is 2. The molecule has 1 saturated heterocycles. The first kappa shape index (κ1) is 16.7. The van der Waals surface area contributed by atoms with Gasteiger partial charge in [0.25, 0.3) is 0 Å². The molecule has 1 aliphatic rings. The van der Waals surface area contributed by atoms with Gasteiger partial charge in [-0.05, 0) is 31.5 Å². The minimum absolute atomic E-state index is 0.0134. The van der Waals surface area contributed by atoms with Crippen LogP contribution < -0.4 is 0 Å². The smallest absolute Gasteiger partial charge is 0.320 e. The van der Waals surface area contributed by atoms with Crippen molar-refractivity contribution in [3.63, 3.8) is 0 Å². The Balaban J connectivity index is 1.99. The summed E-state index contributed by atoms with van der Waals surface area (Å²) in [6.07, 6.45) is 1.30. The van der Waals surface area contributed by atoms with Gasteiger partial charge in [-0.1, -0.05) is 17.7 Å². The van der Waals surface area contributed by atoms with Crippen LogP contribution in [0, 0.1) is 5.82 Å². The summed E-state index contributed by atoms with van der Waals surface area (Å²) >= 11 is 5.95. The van der Waals surface area contributed by atoms with E-state index < -0.39 is 17.8 Å². The molecular formula is C15H18ClFN2O3. The van der Waals surface area contributed by atoms with E-state index in [1.54, 1.807) is 18.0 Å². The Labute approximate surface area is 133 Å². The fourth-order valence-corrected chi connectivity index (χ4v) is 2.82. The molecule has 120 valence electrons. The lowest BCUT2D eigenvalue weighted by atomic mass is 10.2. The number of aliphatic carboxylic acids is 1. The number of rotatable bonds is 5. The topological polar surface area (TPSA) is 60.9 Å². The minimum Gasteiger partial charge on any atom is -0.480 e. The molecule has 0 aromatic heterocycles. The van der Waals surface area contributed by atoms with Crippen molar-refractivity contribution in [2.24, 2.45) is 0 Å². The quantitative estimate of drug-likeness (QED) is 0.898. The molecule has 0 aliphatic carbocycles. The van der Waals surface area contributed by atoms with Crippen molar-refractivity contribution < 1.29 is 19.1 Å². The Morgan fingerprint density at radius 2 is 2.23 bits per heavy atom. The van der Waals surface area contributed by atoms with Crippen LogP contribution in [-0.4, -0.2) is 53.0 Å². The number of hydrogen-bond donors (Lipinski definition) is 1. The number of carboxylic acids is 1. The maximum Gasteiger partial charge on any atom is 0.320 e. The van der Waals surface area contributed by atoms with Crippen LogP contribution in [0.2, 0.25) is 5.02 Å². The van der Waals surface area contributed by atoms with E-state index in [2.05, 4.69) is 0 Å². The molecule has 0 unspecified atom stereocenters. The minimum atomic E-state index is -0.912. The highest BCUT2D eigenvalue weighted by Gasteiger charge is 2.32. The van der Waals surface area contributed by atoms with E-state index in [1.807, 2.05) is 0 Å². The zero-order chi connectivity index (χ0) is 16.3. The molecule has 1 atom stereocenters. The lowest BCUT2D eigenvalue weighted by Gasteiger charge is -2.24. The Morgan fingerprint density at radius 3 is 2.86 bits per heavy atom. The summed E-state index contributed by atoms with van der Waals surface area (Å²) in [6, 6.07) is 3.75. The molecule has 1 fully saturated rings. The number of amides is 1. The van der Waals surface area contributed by atoms with Gasteiger partial charge in [-0.2, -0.15) is 0 Å². The van der Waals surface area contributed by atoms with Crippen LogP contribution in [0.15, 0.2) is 18.2 Å². The summed E-state index contributed by atoms with van der Waals surface area (Å²) in [5, 5.41) is 9.38. The van der Waals surface area contributed by atoms with Crippen molar-refractivity contribution in [3.05, 3.63) is 34.6 Å². The number of halogens is 2. The van der Waals surface area contributed by atoms with Gasteiger partial charge in [0.05, 0.1) is 6.54 Å². The standard InChI is InChI=1S/C15H18ClFN2O3/c1-18(8-10-11(16)4-2-5-12(10)17)14(20)9-19-7-3-6-13(19)15(21)22/h2,4-5,13H,3,6-9H2,1H3,(H,21,22)/t13-/m1/s1. The highest BCUT2D eigenvalue weighted by Crippen LogP contribution is 2.21. The molecule has 0 spiro atoms. The van der Waals surface area contributed by atoms with Gasteiger partial charge in [-0.15, -0.1) is 0 Å². The molecular weight excluding hydrogens is 311 g/mol. The second kappa shape index (κ2) is 7.07. The molecule has 1 aromatic carbocycles. The molecule has 22 heavy (non-hydrogen) atoms. The zero-order valence-corrected chi connectivity index (χ0v) is 13.0. The Bertz CT molecular complexity index is 562. The lowest BCUT2D eigenvalue weighted by Crippen LogP contribution is -2.43. The van der Waals surface area contributed by atoms with Gasteiger partial charge in [-0.25, -0.2) is 4.39 Å². The first-order valence-electron chi connectivity index (χ1n) is 7.04. The highest BCUT2D eigenvalue weighted by molar-refractivity contribution is 6.31. The number of nitrogens with zero attached hydrogens (tertiary/aromatic N) is 2. The van der Waals surface area contributed by atoms with Crippen LogP contribution in [-0.2, 0) is 16.1 Å². The summed E-state index contributed by atoms with van der Waals surface area (Å²) < 4.78 is 13.7. The third-order valence-corrected chi connectivity index (χ3v) is 4.22. The number of hydrogen-bond acceptors (Lipinski definition) is 3. The van der Waals surface area contributed by atoms with Crippen LogP contribution in [0.4, 0.5) is 4.39 Å². The first-order chi connectivity index (χ1) is 10.4. The van der Waals surface area contributed by atoms with E-state index in [-0.39, 0.29) is 29.6 Å². The predicted octanol–water partition coefficient (Wildman–Crippen LogP) is 1.99. The molecule has 1 heterocycles. The van der Waals surface area contributed by atoms with Crippen LogP contribution in [0.1, 0.15) is 18.4 Å². The largest absolute Gasteiger partial charge is 0.480 e. The Hall–Kier alpha value is -1.66. The first-order valence-corrected chi connectivity index (χ1v) is 7.41. The van der Waals surface area contributed by atoms with Crippen LogP contribution >= 0.6 is 11.6 Å². The SMILES string of the molecule is CN(Cc1c(F)cccc1Cl)C(=O)CN1CCC[C@@H]1C(=O)O. The van der Waals surface area contributed by atoms with Gasteiger partial charge in [0.1, 0.15) is 11.9 Å². The molecule has 5 nitrogen and oxygen atoms in total. The summed E-state index contributed by atoms with van der Waals surface area (Å²) in [7, 11) is 1.55. The van der Waals surface area contributed by atoms with Gasteiger partial charge in [-0.3, -0.25) is 14.5 Å². The fourth-order valence-electron chi connectivity index (χ4n) is 2.60. The van der Waals surface area contributed by atoms with E-state index in [4.69, 9.17) is 16.7 Å². The lowest BCUT2D eigenvalue weighted by molar-refractivity contribution is -0.143. The molecule has 0 radical (unpaired) electrons. The molecule has 7 heteroatoms. The molecule has 1 aliphatic heterocycles. The summed E-state index contributed by atoms with van der Waals surface area (Å²) in [4.78, 5) is 26.3. The third-order valence-electron chi connectivity index (χ3n) is 3.87. The van der Waals surface area contributed by atoms with E-state index in [0.29, 0.717) is 13.0 Å². The van der Waals surface area contributed by atoms with Gasteiger partial charge >= 0.3 is 5.97 Å². The van der Waals surface area contributed by atoms with Gasteiger partial charge < -0.3 is 10.0 Å². The van der Waals surface area contributed by atoms with Crippen molar-refractivity contribution in [1.29, 1.82) is 0 Å². The molecule has 1 N–H and O–H groups in total. The van der Waals surface area contributed by atoms with Crippen molar-refractivity contribution in [1.82, 2.24) is 9.80 Å². The third kappa shape index (κ3) is 3.75. The average molecular weight is 329 g/mol. The fraction of sp³-hybridized carbons (Fsp3) is 0.467. The maximum atomic E-state index is 13.7. The normalized spacial score (nSPS) is 18.4. The van der Waals surface area contributed by atoms with Crippen LogP contribution in [0.25, 0.3) is 0 Å². The molecule has 2 rings (SSSR count). The molecule has 0 bridgehead atoms. The van der Waals surface area contributed by atoms with E-state index >= 15 is 0 Å². The van der Waals surface area contributed by atoms with E-state index in [1.165, 1.54) is 17.0 Å². The van der Waals surface area contributed by atoms with Gasteiger partial charge in [0.15, 0.2) is 0 Å². The maximum absolute atomic E-state index is 13.7. The average Bonchev–Trinajstić information content (AvgIpc) is 2.91. The number of likely N-dealkylation sites (tertiary alicyclic amines) is 1. The second-order valence-electron chi connectivity index (χ2n) is 5.42. The molecule has 1 amide bonds. The van der Waals surface area contributed by atoms with Crippen molar-refractivity contribution >= 4 is 23.5 Å². The monoisotopic (exact) mass is 328 g/mol. The van der Waals surface area contributed by atoms with Crippen molar-refractivity contribution in [2.45, 2.75) is 25.4 Å². The van der Waals surface area contributed by atoms with E-state index in [0.717, 1.165) is 6.42 Å². The number of benzene rings is 1. The van der Waals surface area contributed by atoms with E-state index in [9.17, 15) is 14.0 Å². The highest BCUT2D eigenvalue weighted by atomic mass is 35.5. The second-order valence-corrected chi connectivity index (χ2v) is 5.82. The van der Waals surface area contributed by atoms with Crippen molar-refractivity contribution in [2.75, 3.05) is 20.1 Å². The van der Waals surface area contributed by atoms with Gasteiger partial charge in [0, 0.05) is 24.2 Å². The summed E-state index contributed by atoms with van der Waals surface area (Å²) in [5.74, 6) is -1.63. The van der Waals surface area contributed by atoms with Crippen molar-refractivity contribution in [3.8, 4) is 0 Å². The molecule has 0 saturated carbocycles. The van der Waals surface area contributed by atoms with Gasteiger partial charge in [0.2, 0.25) is 5.91 Å². The predicted molar refractivity (Wildman–Crippen MR) is 80.1 cm³/mol. The summed E-state index contributed by atoms with van der Waals surface area (Å²) in [6.45, 7) is 0.645.